The number of nitrogens with one attached hydrogen (secondary N) is 1. The van der Waals surface area contributed by atoms with Crippen molar-refractivity contribution in [1.29, 1.82) is 0 Å². The topological polar surface area (TPSA) is 98.2 Å². The van der Waals surface area contributed by atoms with Gasteiger partial charge in [0.1, 0.15) is 0 Å². The van der Waals surface area contributed by atoms with Gasteiger partial charge >= 0.3 is 0 Å². The number of rotatable bonds is 4. The maximum atomic E-state index is 12.0. The molecule has 0 aromatic heterocycles. The van der Waals surface area contributed by atoms with Crippen LogP contribution >= 0.6 is 12.4 Å². The van der Waals surface area contributed by atoms with E-state index in [2.05, 4.69) is 5.32 Å². The zero-order chi connectivity index (χ0) is 14.5. The fraction of sp³-hybridized carbons (Fsp3) is 0.467. The van der Waals surface area contributed by atoms with E-state index in [1.165, 1.54) is 0 Å². The van der Waals surface area contributed by atoms with Crippen molar-refractivity contribution in [2.75, 3.05) is 5.73 Å². The van der Waals surface area contributed by atoms with E-state index in [0.717, 1.165) is 24.8 Å². The molecule has 2 atom stereocenters. The molecule has 2 rings (SSSR count). The molecule has 0 spiro atoms. The van der Waals surface area contributed by atoms with E-state index in [4.69, 9.17) is 11.5 Å². The molecule has 1 saturated carbocycles. The van der Waals surface area contributed by atoms with E-state index in [1.54, 1.807) is 12.1 Å². The summed E-state index contributed by atoms with van der Waals surface area (Å²) in [5, 5.41) is 2.99. The quantitative estimate of drug-likeness (QED) is 0.733. The summed E-state index contributed by atoms with van der Waals surface area (Å²) in [6.07, 6.45) is 3.66. The molecule has 0 radical (unpaired) electrons. The fourth-order valence-corrected chi connectivity index (χ4v) is 2.68. The van der Waals surface area contributed by atoms with Gasteiger partial charge in [-0.15, -0.1) is 12.4 Å². The van der Waals surface area contributed by atoms with Crippen LogP contribution in [0.25, 0.3) is 0 Å². The summed E-state index contributed by atoms with van der Waals surface area (Å²) in [4.78, 5) is 23.2. The van der Waals surface area contributed by atoms with Crippen molar-refractivity contribution < 1.29 is 9.59 Å². The molecule has 1 aromatic carbocycles. The molecule has 5 nitrogen and oxygen atoms in total. The lowest BCUT2D eigenvalue weighted by Crippen LogP contribution is -2.41. The minimum Gasteiger partial charge on any atom is -0.399 e. The van der Waals surface area contributed by atoms with Crippen molar-refractivity contribution >= 4 is 29.9 Å². The van der Waals surface area contributed by atoms with Crippen LogP contribution in [0.15, 0.2) is 24.3 Å². The molecule has 2 amide bonds. The highest BCUT2D eigenvalue weighted by atomic mass is 35.5. The van der Waals surface area contributed by atoms with E-state index in [-0.39, 0.29) is 36.2 Å². The summed E-state index contributed by atoms with van der Waals surface area (Å²) >= 11 is 0. The van der Waals surface area contributed by atoms with Crippen LogP contribution in [0.2, 0.25) is 0 Å². The molecule has 2 unspecified atom stereocenters. The summed E-state index contributed by atoms with van der Waals surface area (Å²) in [6.45, 7) is 0. The second kappa shape index (κ2) is 7.88. The number of carbonyl (C=O) groups excluding carboxylic acids is 2. The number of primary amides is 1. The number of benzene rings is 1. The smallest absolute Gasteiger partial charge is 0.224 e. The molecular weight excluding hydrogens is 290 g/mol. The largest absolute Gasteiger partial charge is 0.399 e. The van der Waals surface area contributed by atoms with Crippen molar-refractivity contribution in [2.24, 2.45) is 11.7 Å². The standard InChI is InChI=1S/C15H21N3O2.ClH/c16-12-6-4-10(5-7-12)8-14(19)18-13-3-1-2-11(9-13)15(17)20;/h4-7,11,13H,1-3,8-9,16H2,(H2,17,20)(H,18,19);1H. The normalized spacial score (nSPS) is 21.1. The molecule has 116 valence electrons. The lowest BCUT2D eigenvalue weighted by atomic mass is 9.85. The van der Waals surface area contributed by atoms with Gasteiger partial charge in [0.15, 0.2) is 0 Å². The first kappa shape index (κ1) is 17.3. The molecule has 0 heterocycles. The summed E-state index contributed by atoms with van der Waals surface area (Å²) in [5.74, 6) is -0.391. The fourth-order valence-electron chi connectivity index (χ4n) is 2.68. The Kier molecular flexibility index (Phi) is 6.49. The predicted octanol–water partition coefficient (Wildman–Crippen LogP) is 1.39. The van der Waals surface area contributed by atoms with Gasteiger partial charge in [-0.05, 0) is 37.0 Å². The molecule has 1 aliphatic carbocycles. The Balaban J connectivity index is 0.00000220. The number of nitrogens with two attached hydrogens (primary N) is 2. The van der Waals surface area contributed by atoms with Crippen LogP contribution in [0.1, 0.15) is 31.2 Å². The highest BCUT2D eigenvalue weighted by molar-refractivity contribution is 5.85. The van der Waals surface area contributed by atoms with E-state index in [9.17, 15) is 9.59 Å². The molecule has 1 fully saturated rings. The van der Waals surface area contributed by atoms with Crippen LogP contribution in [0, 0.1) is 5.92 Å². The Morgan fingerprint density at radius 3 is 2.48 bits per heavy atom. The molecule has 0 bridgehead atoms. The molecular formula is C15H22ClN3O2. The average molecular weight is 312 g/mol. The lowest BCUT2D eigenvalue weighted by Gasteiger charge is -2.27. The van der Waals surface area contributed by atoms with Crippen molar-refractivity contribution in [3.63, 3.8) is 0 Å². The average Bonchev–Trinajstić information content (AvgIpc) is 2.41. The van der Waals surface area contributed by atoms with Gasteiger partial charge in [0.2, 0.25) is 11.8 Å². The van der Waals surface area contributed by atoms with Crippen LogP contribution < -0.4 is 16.8 Å². The first-order valence-corrected chi connectivity index (χ1v) is 6.97. The molecule has 5 N–H and O–H groups in total. The van der Waals surface area contributed by atoms with Crippen LogP contribution in [0.5, 0.6) is 0 Å². The summed E-state index contributed by atoms with van der Waals surface area (Å²) in [6, 6.07) is 7.32. The van der Waals surface area contributed by atoms with Crippen LogP contribution in [0.4, 0.5) is 5.69 Å². The van der Waals surface area contributed by atoms with E-state index in [0.29, 0.717) is 18.5 Å². The highest BCUT2D eigenvalue weighted by Crippen LogP contribution is 2.24. The molecule has 0 saturated heterocycles. The van der Waals surface area contributed by atoms with Crippen LogP contribution in [-0.4, -0.2) is 17.9 Å². The Labute approximate surface area is 130 Å². The Morgan fingerprint density at radius 2 is 1.86 bits per heavy atom. The Morgan fingerprint density at radius 1 is 1.19 bits per heavy atom. The van der Waals surface area contributed by atoms with Crippen LogP contribution in [-0.2, 0) is 16.0 Å². The summed E-state index contributed by atoms with van der Waals surface area (Å²) in [5.41, 5.74) is 12.6. The number of amides is 2. The second-order valence-electron chi connectivity index (χ2n) is 5.45. The van der Waals surface area contributed by atoms with Crippen molar-refractivity contribution in [3.8, 4) is 0 Å². The first-order valence-electron chi connectivity index (χ1n) is 6.97. The van der Waals surface area contributed by atoms with Crippen molar-refractivity contribution in [2.45, 2.75) is 38.1 Å². The van der Waals surface area contributed by atoms with E-state index >= 15 is 0 Å². The van der Waals surface area contributed by atoms with Gasteiger partial charge < -0.3 is 16.8 Å². The lowest BCUT2D eigenvalue weighted by molar-refractivity contribution is -0.125. The third kappa shape index (κ3) is 5.27. The number of hydrogen-bond acceptors (Lipinski definition) is 3. The molecule has 21 heavy (non-hydrogen) atoms. The predicted molar refractivity (Wildman–Crippen MR) is 84.9 cm³/mol. The van der Waals surface area contributed by atoms with Gasteiger partial charge in [0.25, 0.3) is 0 Å². The van der Waals surface area contributed by atoms with Gasteiger partial charge in [-0.2, -0.15) is 0 Å². The minimum atomic E-state index is -0.262. The number of anilines is 1. The van der Waals surface area contributed by atoms with Gasteiger partial charge in [0, 0.05) is 17.6 Å². The van der Waals surface area contributed by atoms with Gasteiger partial charge in [-0.25, -0.2) is 0 Å². The van der Waals surface area contributed by atoms with E-state index < -0.39 is 0 Å². The SMILES string of the molecule is Cl.NC(=O)C1CCCC(NC(=O)Cc2ccc(N)cc2)C1. The monoisotopic (exact) mass is 311 g/mol. The molecule has 0 aliphatic heterocycles. The third-order valence-electron chi connectivity index (χ3n) is 3.79. The van der Waals surface area contributed by atoms with Gasteiger partial charge in [-0.3, -0.25) is 9.59 Å². The maximum absolute atomic E-state index is 12.0. The third-order valence-corrected chi connectivity index (χ3v) is 3.79. The van der Waals surface area contributed by atoms with Gasteiger partial charge in [0.05, 0.1) is 6.42 Å². The first-order chi connectivity index (χ1) is 9.54. The van der Waals surface area contributed by atoms with Crippen LogP contribution in [0.3, 0.4) is 0 Å². The number of carbonyl (C=O) groups is 2. The maximum Gasteiger partial charge on any atom is 0.224 e. The van der Waals surface area contributed by atoms with Gasteiger partial charge in [-0.1, -0.05) is 18.6 Å². The molecule has 1 aromatic rings. The Hall–Kier alpha value is -1.75. The number of hydrogen-bond donors (Lipinski definition) is 3. The van der Waals surface area contributed by atoms with Crippen molar-refractivity contribution in [1.82, 2.24) is 5.32 Å². The zero-order valence-corrected chi connectivity index (χ0v) is 12.7. The number of halogens is 1. The number of nitrogen functional groups attached to an aromatic ring is 1. The zero-order valence-electron chi connectivity index (χ0n) is 11.9. The summed E-state index contributed by atoms with van der Waals surface area (Å²) < 4.78 is 0. The second-order valence-corrected chi connectivity index (χ2v) is 5.45. The highest BCUT2D eigenvalue weighted by Gasteiger charge is 2.26. The molecule has 1 aliphatic rings. The van der Waals surface area contributed by atoms with Crippen molar-refractivity contribution in [3.05, 3.63) is 29.8 Å². The molecule has 6 heteroatoms. The Bertz CT molecular complexity index is 490. The van der Waals surface area contributed by atoms with E-state index in [1.807, 2.05) is 12.1 Å². The minimum absolute atomic E-state index is 0. The summed E-state index contributed by atoms with van der Waals surface area (Å²) in [7, 11) is 0.